The summed E-state index contributed by atoms with van der Waals surface area (Å²) in [6.07, 6.45) is 5.36. The summed E-state index contributed by atoms with van der Waals surface area (Å²) in [4.78, 5) is 28.1. The van der Waals surface area contributed by atoms with Crippen molar-refractivity contribution in [2.75, 3.05) is 39.5 Å². The number of fused-ring (bicyclic) bond motifs is 2. The van der Waals surface area contributed by atoms with Crippen LogP contribution < -0.4 is 10.6 Å². The number of terminal acetylenes is 1. The van der Waals surface area contributed by atoms with Gasteiger partial charge in [-0.15, -0.1) is 6.42 Å². The van der Waals surface area contributed by atoms with Crippen LogP contribution in [0.3, 0.4) is 0 Å². The molecule has 1 aromatic heterocycles. The third kappa shape index (κ3) is 4.55. The van der Waals surface area contributed by atoms with Crippen LogP contribution in [0.1, 0.15) is 26.5 Å². The summed E-state index contributed by atoms with van der Waals surface area (Å²) < 4.78 is 10.6. The molecule has 2 bridgehead atoms. The minimum Gasteiger partial charge on any atom is -0.377 e. The van der Waals surface area contributed by atoms with Gasteiger partial charge in [-0.3, -0.25) is 9.59 Å². The zero-order valence-electron chi connectivity index (χ0n) is 12.1. The summed E-state index contributed by atoms with van der Waals surface area (Å²) in [5.41, 5.74) is 0.626. The molecule has 2 rings (SSSR count). The Bertz CT molecular complexity index is 553. The van der Waals surface area contributed by atoms with Crippen LogP contribution in [0, 0.1) is 12.3 Å². The molecule has 7 heteroatoms. The second kappa shape index (κ2) is 8.12. The molecule has 2 amide bonds. The minimum absolute atomic E-state index is 0.103. The summed E-state index contributed by atoms with van der Waals surface area (Å²) in [7, 11) is 0. The number of nitrogens with zero attached hydrogens (tertiary/aromatic N) is 1. The maximum atomic E-state index is 12.0. The van der Waals surface area contributed by atoms with Crippen molar-refractivity contribution in [3.63, 3.8) is 0 Å². The van der Waals surface area contributed by atoms with E-state index in [1.54, 1.807) is 0 Å². The first-order valence-corrected chi connectivity index (χ1v) is 6.91. The lowest BCUT2D eigenvalue weighted by molar-refractivity contribution is 0.0487. The first-order valence-electron chi connectivity index (χ1n) is 6.91. The highest BCUT2D eigenvalue weighted by Gasteiger charge is 2.14. The monoisotopic (exact) mass is 303 g/mol. The number of amides is 2. The molecule has 116 valence electrons. The fraction of sp³-hybridized carbons (Fsp3) is 0.400. The van der Waals surface area contributed by atoms with E-state index in [9.17, 15) is 9.59 Å². The predicted molar refractivity (Wildman–Crippen MR) is 78.5 cm³/mol. The SMILES string of the molecule is C#Cc1cc2nc(c1)C(=O)NCCOCCOCCNC2=O. The average Bonchev–Trinajstić information content (AvgIpc) is 2.55. The van der Waals surface area contributed by atoms with Crippen LogP contribution in [-0.4, -0.2) is 56.3 Å². The number of rotatable bonds is 0. The molecular weight excluding hydrogens is 286 g/mol. The lowest BCUT2D eigenvalue weighted by Gasteiger charge is -2.07. The van der Waals surface area contributed by atoms with Crippen molar-refractivity contribution in [3.05, 3.63) is 29.1 Å². The Morgan fingerprint density at radius 1 is 0.955 bits per heavy atom. The highest BCUT2D eigenvalue weighted by molar-refractivity contribution is 5.96. The predicted octanol–water partition coefficient (Wildman–Crippen LogP) is -0.431. The second-order valence-electron chi connectivity index (χ2n) is 4.51. The summed E-state index contributed by atoms with van der Waals surface area (Å²) >= 11 is 0. The molecule has 0 fully saturated rings. The van der Waals surface area contributed by atoms with E-state index in [4.69, 9.17) is 15.9 Å². The quantitative estimate of drug-likeness (QED) is 0.635. The summed E-state index contributed by atoms with van der Waals surface area (Å²) in [6, 6.07) is 2.93. The third-order valence-electron chi connectivity index (χ3n) is 2.89. The van der Waals surface area contributed by atoms with Crippen LogP contribution in [0.25, 0.3) is 0 Å². The van der Waals surface area contributed by atoms with Gasteiger partial charge in [0.1, 0.15) is 11.4 Å². The molecule has 2 N–H and O–H groups in total. The van der Waals surface area contributed by atoms with Crippen molar-refractivity contribution in [3.8, 4) is 12.3 Å². The van der Waals surface area contributed by atoms with Gasteiger partial charge < -0.3 is 20.1 Å². The molecule has 0 aliphatic carbocycles. The fourth-order valence-corrected chi connectivity index (χ4v) is 1.82. The highest BCUT2D eigenvalue weighted by Crippen LogP contribution is 2.06. The highest BCUT2D eigenvalue weighted by atomic mass is 16.5. The molecule has 22 heavy (non-hydrogen) atoms. The Balaban J connectivity index is 2.22. The zero-order valence-corrected chi connectivity index (χ0v) is 12.1. The van der Waals surface area contributed by atoms with Gasteiger partial charge in [0.05, 0.1) is 26.4 Å². The van der Waals surface area contributed by atoms with Crippen LogP contribution in [0.2, 0.25) is 0 Å². The van der Waals surface area contributed by atoms with Crippen LogP contribution in [-0.2, 0) is 9.47 Å². The van der Waals surface area contributed by atoms with E-state index in [1.165, 1.54) is 12.1 Å². The average molecular weight is 303 g/mol. The van der Waals surface area contributed by atoms with Crippen LogP contribution >= 0.6 is 0 Å². The number of carbonyl (C=O) groups is 2. The van der Waals surface area contributed by atoms with E-state index in [0.29, 0.717) is 45.1 Å². The largest absolute Gasteiger partial charge is 0.377 e. The van der Waals surface area contributed by atoms with E-state index < -0.39 is 11.8 Å². The van der Waals surface area contributed by atoms with Crippen LogP contribution in [0.15, 0.2) is 12.1 Å². The van der Waals surface area contributed by atoms with Gasteiger partial charge in [0, 0.05) is 18.7 Å². The lowest BCUT2D eigenvalue weighted by Crippen LogP contribution is -2.30. The Morgan fingerprint density at radius 2 is 1.45 bits per heavy atom. The van der Waals surface area contributed by atoms with Gasteiger partial charge in [0.25, 0.3) is 11.8 Å². The number of ether oxygens (including phenoxy) is 2. The summed E-state index contributed by atoms with van der Waals surface area (Å²) in [5, 5.41) is 5.32. The Hall–Kier alpha value is -2.43. The van der Waals surface area contributed by atoms with Gasteiger partial charge in [-0.1, -0.05) is 5.92 Å². The molecule has 0 radical (unpaired) electrons. The minimum atomic E-state index is -0.402. The van der Waals surface area contributed by atoms with Gasteiger partial charge >= 0.3 is 0 Å². The molecule has 7 nitrogen and oxygen atoms in total. The van der Waals surface area contributed by atoms with Gasteiger partial charge in [-0.25, -0.2) is 4.98 Å². The number of hydrogen-bond donors (Lipinski definition) is 2. The number of carbonyl (C=O) groups excluding carboxylic acids is 2. The Labute approximate surface area is 128 Å². The summed E-state index contributed by atoms with van der Waals surface area (Å²) in [5.74, 6) is 1.61. The number of nitrogens with one attached hydrogen (secondary N) is 2. The van der Waals surface area contributed by atoms with Crippen molar-refractivity contribution in [2.24, 2.45) is 0 Å². The fourth-order valence-electron chi connectivity index (χ4n) is 1.82. The number of hydrogen-bond acceptors (Lipinski definition) is 5. The second-order valence-corrected chi connectivity index (χ2v) is 4.51. The molecule has 0 unspecified atom stereocenters. The molecule has 0 saturated heterocycles. The molecule has 0 saturated carbocycles. The van der Waals surface area contributed by atoms with Crippen molar-refractivity contribution in [1.82, 2.24) is 15.6 Å². The standard InChI is InChI=1S/C15H17N3O4/c1-2-11-9-12-14(19)16-3-5-21-7-8-22-6-4-17-15(20)13(10-11)18-12/h1,9-10H,3-8H2,(H,16,19)(H,17,20). The first kappa shape index (κ1) is 15.9. The maximum absolute atomic E-state index is 12.0. The molecule has 2 heterocycles. The van der Waals surface area contributed by atoms with Crippen LogP contribution in [0.4, 0.5) is 0 Å². The van der Waals surface area contributed by atoms with Crippen molar-refractivity contribution in [1.29, 1.82) is 0 Å². The number of pyridine rings is 1. The third-order valence-corrected chi connectivity index (χ3v) is 2.89. The van der Waals surface area contributed by atoms with E-state index >= 15 is 0 Å². The maximum Gasteiger partial charge on any atom is 0.270 e. The van der Waals surface area contributed by atoms with E-state index in [1.807, 2.05) is 0 Å². The molecule has 1 aliphatic heterocycles. The molecule has 1 aliphatic rings. The Morgan fingerprint density at radius 3 is 1.91 bits per heavy atom. The van der Waals surface area contributed by atoms with Crippen LogP contribution in [0.5, 0.6) is 0 Å². The van der Waals surface area contributed by atoms with Gasteiger partial charge in [-0.05, 0) is 12.1 Å². The first-order chi connectivity index (χ1) is 10.7. The van der Waals surface area contributed by atoms with Gasteiger partial charge in [0.15, 0.2) is 0 Å². The molecule has 0 aromatic carbocycles. The smallest absolute Gasteiger partial charge is 0.270 e. The zero-order chi connectivity index (χ0) is 15.8. The number of aromatic nitrogens is 1. The molecular formula is C15H17N3O4. The molecule has 1 aromatic rings. The normalized spacial score (nSPS) is 17.4. The van der Waals surface area contributed by atoms with Crippen molar-refractivity contribution >= 4 is 11.8 Å². The molecule has 0 spiro atoms. The van der Waals surface area contributed by atoms with E-state index in [0.717, 1.165) is 0 Å². The van der Waals surface area contributed by atoms with E-state index in [2.05, 4.69) is 21.5 Å². The van der Waals surface area contributed by atoms with E-state index in [-0.39, 0.29) is 11.4 Å². The van der Waals surface area contributed by atoms with Crippen molar-refractivity contribution < 1.29 is 19.1 Å². The summed E-state index contributed by atoms with van der Waals surface area (Å²) in [6.45, 7) is 2.26. The van der Waals surface area contributed by atoms with Gasteiger partial charge in [-0.2, -0.15) is 0 Å². The topological polar surface area (TPSA) is 89.6 Å². The lowest BCUT2D eigenvalue weighted by atomic mass is 10.2. The van der Waals surface area contributed by atoms with Gasteiger partial charge in [0.2, 0.25) is 0 Å². The molecule has 0 atom stereocenters. The Kier molecular flexibility index (Phi) is 5.89. The van der Waals surface area contributed by atoms with Crippen molar-refractivity contribution in [2.45, 2.75) is 0 Å².